The first-order chi connectivity index (χ1) is 9.70. The SMILES string of the molecule is CCCNc1ccc(C(=O)NC2CCCCC2O)cn1. The number of carbonyl (C=O) groups excluding carboxylic acids is 1. The van der Waals surface area contributed by atoms with Gasteiger partial charge < -0.3 is 15.7 Å². The molecule has 1 saturated carbocycles. The zero-order valence-corrected chi connectivity index (χ0v) is 11.9. The topological polar surface area (TPSA) is 74.2 Å². The van der Waals surface area contributed by atoms with Gasteiger partial charge >= 0.3 is 0 Å². The maximum atomic E-state index is 12.1. The maximum absolute atomic E-state index is 12.1. The van der Waals surface area contributed by atoms with Crippen molar-refractivity contribution >= 4 is 11.7 Å². The number of aliphatic hydroxyl groups is 1. The van der Waals surface area contributed by atoms with Gasteiger partial charge in [0, 0.05) is 12.7 Å². The van der Waals surface area contributed by atoms with Gasteiger partial charge in [0.2, 0.25) is 0 Å². The highest BCUT2D eigenvalue weighted by Crippen LogP contribution is 2.18. The van der Waals surface area contributed by atoms with E-state index in [0.29, 0.717) is 5.56 Å². The Labute approximate surface area is 119 Å². The molecule has 0 radical (unpaired) electrons. The van der Waals surface area contributed by atoms with Crippen molar-refractivity contribution in [1.82, 2.24) is 10.3 Å². The first-order valence-electron chi connectivity index (χ1n) is 7.39. The fraction of sp³-hybridized carbons (Fsp3) is 0.600. The molecule has 2 rings (SSSR count). The maximum Gasteiger partial charge on any atom is 0.253 e. The van der Waals surface area contributed by atoms with Crippen LogP contribution in [0.25, 0.3) is 0 Å². The van der Waals surface area contributed by atoms with Crippen LogP contribution < -0.4 is 10.6 Å². The molecule has 5 nitrogen and oxygen atoms in total. The summed E-state index contributed by atoms with van der Waals surface area (Å²) < 4.78 is 0. The summed E-state index contributed by atoms with van der Waals surface area (Å²) in [5.74, 6) is 0.617. The van der Waals surface area contributed by atoms with Crippen molar-refractivity contribution in [1.29, 1.82) is 0 Å². The summed E-state index contributed by atoms with van der Waals surface area (Å²) in [6, 6.07) is 3.44. The minimum atomic E-state index is -0.425. The Bertz CT molecular complexity index is 433. The normalized spacial score (nSPS) is 22.3. The molecule has 110 valence electrons. The predicted octanol–water partition coefficient (Wildman–Crippen LogP) is 1.94. The van der Waals surface area contributed by atoms with Crippen LogP contribution in [0.3, 0.4) is 0 Å². The van der Waals surface area contributed by atoms with Gasteiger partial charge in [-0.2, -0.15) is 0 Å². The molecular weight excluding hydrogens is 254 g/mol. The van der Waals surface area contributed by atoms with E-state index in [0.717, 1.165) is 44.5 Å². The van der Waals surface area contributed by atoms with Gasteiger partial charge in [-0.25, -0.2) is 4.98 Å². The van der Waals surface area contributed by atoms with Crippen molar-refractivity contribution in [3.05, 3.63) is 23.9 Å². The summed E-state index contributed by atoms with van der Waals surface area (Å²) in [5, 5.41) is 15.9. The summed E-state index contributed by atoms with van der Waals surface area (Å²) in [6.45, 7) is 2.96. The summed E-state index contributed by atoms with van der Waals surface area (Å²) >= 11 is 0. The van der Waals surface area contributed by atoms with E-state index in [1.807, 2.05) is 6.07 Å². The summed E-state index contributed by atoms with van der Waals surface area (Å²) in [5.41, 5.74) is 0.532. The largest absolute Gasteiger partial charge is 0.391 e. The number of aromatic nitrogens is 1. The number of hydrogen-bond donors (Lipinski definition) is 3. The first-order valence-corrected chi connectivity index (χ1v) is 7.39. The van der Waals surface area contributed by atoms with Gasteiger partial charge in [0.25, 0.3) is 5.91 Å². The first kappa shape index (κ1) is 14.8. The Kier molecular flexibility index (Phi) is 5.35. The minimum Gasteiger partial charge on any atom is -0.391 e. The standard InChI is InChI=1S/C15H23N3O2/c1-2-9-16-14-8-7-11(10-17-14)15(20)18-12-5-3-4-6-13(12)19/h7-8,10,12-13,19H,2-6,9H2,1H3,(H,16,17)(H,18,20). The van der Waals surface area contributed by atoms with E-state index >= 15 is 0 Å². The van der Waals surface area contributed by atoms with Gasteiger partial charge in [-0.3, -0.25) is 4.79 Å². The van der Waals surface area contributed by atoms with Crippen LogP contribution in [-0.4, -0.2) is 34.7 Å². The van der Waals surface area contributed by atoms with E-state index < -0.39 is 6.10 Å². The summed E-state index contributed by atoms with van der Waals surface area (Å²) in [6.07, 6.45) is 5.88. The molecule has 0 bridgehead atoms. The summed E-state index contributed by atoms with van der Waals surface area (Å²) in [7, 11) is 0. The van der Waals surface area contributed by atoms with E-state index in [1.54, 1.807) is 12.3 Å². The number of pyridine rings is 1. The van der Waals surface area contributed by atoms with Crippen molar-refractivity contribution < 1.29 is 9.90 Å². The molecule has 1 aromatic heterocycles. The van der Waals surface area contributed by atoms with E-state index in [9.17, 15) is 9.90 Å². The van der Waals surface area contributed by atoms with E-state index in [4.69, 9.17) is 0 Å². The number of nitrogens with zero attached hydrogens (tertiary/aromatic N) is 1. The van der Waals surface area contributed by atoms with Crippen LogP contribution in [0, 0.1) is 0 Å². The van der Waals surface area contributed by atoms with Gasteiger partial charge in [0.1, 0.15) is 5.82 Å². The number of hydrogen-bond acceptors (Lipinski definition) is 4. The average molecular weight is 277 g/mol. The van der Waals surface area contributed by atoms with Crippen molar-refractivity contribution in [3.63, 3.8) is 0 Å². The number of carbonyl (C=O) groups is 1. The van der Waals surface area contributed by atoms with E-state index in [1.165, 1.54) is 0 Å². The lowest BCUT2D eigenvalue weighted by Crippen LogP contribution is -2.45. The molecule has 1 aliphatic carbocycles. The highest BCUT2D eigenvalue weighted by molar-refractivity contribution is 5.94. The molecule has 0 aliphatic heterocycles. The Balaban J connectivity index is 1.91. The molecule has 1 aliphatic rings. The summed E-state index contributed by atoms with van der Waals surface area (Å²) in [4.78, 5) is 16.3. The second-order valence-electron chi connectivity index (χ2n) is 5.29. The van der Waals surface area contributed by atoms with Crippen LogP contribution in [0.1, 0.15) is 49.4 Å². The number of nitrogens with one attached hydrogen (secondary N) is 2. The van der Waals surface area contributed by atoms with Gasteiger partial charge in [-0.05, 0) is 31.4 Å². The molecule has 1 heterocycles. The van der Waals surface area contributed by atoms with Crippen molar-refractivity contribution in [2.75, 3.05) is 11.9 Å². The highest BCUT2D eigenvalue weighted by atomic mass is 16.3. The lowest BCUT2D eigenvalue weighted by molar-refractivity contribution is 0.0717. The number of amides is 1. The van der Waals surface area contributed by atoms with Crippen LogP contribution >= 0.6 is 0 Å². The zero-order valence-electron chi connectivity index (χ0n) is 11.9. The van der Waals surface area contributed by atoms with Crippen molar-refractivity contribution in [2.24, 2.45) is 0 Å². The van der Waals surface area contributed by atoms with E-state index in [-0.39, 0.29) is 11.9 Å². The quantitative estimate of drug-likeness (QED) is 0.769. The molecule has 3 N–H and O–H groups in total. The van der Waals surface area contributed by atoms with Crippen LogP contribution in [0.15, 0.2) is 18.3 Å². The van der Waals surface area contributed by atoms with Crippen molar-refractivity contribution in [2.45, 2.75) is 51.2 Å². The minimum absolute atomic E-state index is 0.130. The average Bonchev–Trinajstić information content (AvgIpc) is 2.48. The molecular formula is C15H23N3O2. The Morgan fingerprint density at radius 2 is 2.20 bits per heavy atom. The molecule has 5 heteroatoms. The Morgan fingerprint density at radius 3 is 2.85 bits per heavy atom. The number of rotatable bonds is 5. The Morgan fingerprint density at radius 1 is 1.40 bits per heavy atom. The third-order valence-electron chi connectivity index (χ3n) is 3.63. The zero-order chi connectivity index (χ0) is 14.4. The number of aliphatic hydroxyl groups excluding tert-OH is 1. The van der Waals surface area contributed by atoms with Crippen LogP contribution in [-0.2, 0) is 0 Å². The van der Waals surface area contributed by atoms with Crippen LogP contribution in [0.2, 0.25) is 0 Å². The lowest BCUT2D eigenvalue weighted by Gasteiger charge is -2.28. The monoisotopic (exact) mass is 277 g/mol. The predicted molar refractivity (Wildman–Crippen MR) is 78.7 cm³/mol. The highest BCUT2D eigenvalue weighted by Gasteiger charge is 2.24. The molecule has 0 saturated heterocycles. The van der Waals surface area contributed by atoms with Gasteiger partial charge in [0.15, 0.2) is 0 Å². The fourth-order valence-corrected chi connectivity index (χ4v) is 2.42. The van der Waals surface area contributed by atoms with Crippen molar-refractivity contribution in [3.8, 4) is 0 Å². The third kappa shape index (κ3) is 3.93. The second kappa shape index (κ2) is 7.24. The van der Waals surface area contributed by atoms with Crippen LogP contribution in [0.5, 0.6) is 0 Å². The van der Waals surface area contributed by atoms with E-state index in [2.05, 4.69) is 22.5 Å². The molecule has 2 atom stereocenters. The molecule has 1 aromatic rings. The molecule has 1 fully saturated rings. The molecule has 0 aromatic carbocycles. The van der Waals surface area contributed by atoms with Crippen LogP contribution in [0.4, 0.5) is 5.82 Å². The third-order valence-corrected chi connectivity index (χ3v) is 3.63. The molecule has 0 spiro atoms. The molecule has 2 unspecified atom stereocenters. The lowest BCUT2D eigenvalue weighted by atomic mass is 9.92. The van der Waals surface area contributed by atoms with Gasteiger partial charge in [0.05, 0.1) is 17.7 Å². The second-order valence-corrected chi connectivity index (χ2v) is 5.29. The number of anilines is 1. The Hall–Kier alpha value is -1.62. The van der Waals surface area contributed by atoms with Gasteiger partial charge in [-0.1, -0.05) is 19.8 Å². The smallest absolute Gasteiger partial charge is 0.253 e. The van der Waals surface area contributed by atoms with Gasteiger partial charge in [-0.15, -0.1) is 0 Å². The fourth-order valence-electron chi connectivity index (χ4n) is 2.42. The molecule has 1 amide bonds. The molecule has 20 heavy (non-hydrogen) atoms.